The summed E-state index contributed by atoms with van der Waals surface area (Å²) >= 11 is 0. The molecule has 2 aromatic rings. The summed E-state index contributed by atoms with van der Waals surface area (Å²) in [5.74, 6) is 0.229. The summed E-state index contributed by atoms with van der Waals surface area (Å²) < 4.78 is 2.03. The van der Waals surface area contributed by atoms with Gasteiger partial charge in [0, 0.05) is 49.0 Å². The number of rotatable bonds is 2. The Kier molecular flexibility index (Phi) is 3.80. The number of amides is 2. The molecule has 1 saturated heterocycles. The number of nitrogen functional groups attached to an aromatic ring is 1. The zero-order valence-corrected chi connectivity index (χ0v) is 14.7. The lowest BCUT2D eigenvalue weighted by Gasteiger charge is -2.23. The normalized spacial score (nSPS) is 21.0. The molecule has 2 aliphatic heterocycles. The lowest BCUT2D eigenvalue weighted by atomic mass is 9.82. The maximum Gasteiger partial charge on any atom is 0.317 e. The van der Waals surface area contributed by atoms with Gasteiger partial charge in [0.25, 0.3) is 0 Å². The molecule has 2 amide bonds. The SMILES string of the molecule is CCNC(=O)N1CC[C@@]2(CCn3nc(-c4cnc(N)c(C#N)c4)cc32)C1. The predicted octanol–water partition coefficient (Wildman–Crippen LogP) is 1.48. The number of anilines is 1. The molecule has 4 rings (SSSR count). The maximum absolute atomic E-state index is 12.2. The minimum atomic E-state index is -0.0321. The number of nitrogens with one attached hydrogen (secondary N) is 1. The van der Waals surface area contributed by atoms with Crippen molar-refractivity contribution in [3.8, 4) is 17.3 Å². The molecule has 134 valence electrons. The minimum Gasteiger partial charge on any atom is -0.383 e. The molecule has 8 nitrogen and oxygen atoms in total. The highest BCUT2D eigenvalue weighted by atomic mass is 16.2. The van der Waals surface area contributed by atoms with Crippen molar-refractivity contribution in [1.82, 2.24) is 25.0 Å². The van der Waals surface area contributed by atoms with Gasteiger partial charge in [0.1, 0.15) is 11.9 Å². The number of nitrogens with zero attached hydrogens (tertiary/aromatic N) is 5. The van der Waals surface area contributed by atoms with E-state index in [-0.39, 0.29) is 17.3 Å². The Bertz CT molecular complexity index is 913. The summed E-state index contributed by atoms with van der Waals surface area (Å²) in [6.45, 7) is 4.88. The molecular weight excluding hydrogens is 330 g/mol. The summed E-state index contributed by atoms with van der Waals surface area (Å²) in [6, 6.07) is 5.86. The number of urea groups is 1. The number of aryl methyl sites for hydroxylation is 1. The molecule has 26 heavy (non-hydrogen) atoms. The number of pyridine rings is 1. The van der Waals surface area contributed by atoms with Crippen LogP contribution in [0.2, 0.25) is 0 Å². The van der Waals surface area contributed by atoms with Gasteiger partial charge in [-0.15, -0.1) is 0 Å². The number of aromatic nitrogens is 3. The average molecular weight is 351 g/mol. The number of nitriles is 1. The van der Waals surface area contributed by atoms with Crippen molar-refractivity contribution in [2.75, 3.05) is 25.4 Å². The molecule has 1 atom stereocenters. The van der Waals surface area contributed by atoms with Gasteiger partial charge in [-0.2, -0.15) is 10.4 Å². The van der Waals surface area contributed by atoms with E-state index >= 15 is 0 Å². The molecule has 1 fully saturated rings. The molecule has 0 radical (unpaired) electrons. The zero-order chi connectivity index (χ0) is 18.3. The average Bonchev–Trinajstić information content (AvgIpc) is 3.33. The van der Waals surface area contributed by atoms with Gasteiger partial charge in [0.15, 0.2) is 0 Å². The summed E-state index contributed by atoms with van der Waals surface area (Å²) in [4.78, 5) is 18.2. The van der Waals surface area contributed by atoms with Crippen molar-refractivity contribution in [3.63, 3.8) is 0 Å². The van der Waals surface area contributed by atoms with Crippen LogP contribution in [0, 0.1) is 11.3 Å². The zero-order valence-electron chi connectivity index (χ0n) is 14.7. The Balaban J connectivity index is 1.63. The van der Waals surface area contributed by atoms with Gasteiger partial charge in [-0.25, -0.2) is 9.78 Å². The molecule has 1 spiro atoms. The number of carbonyl (C=O) groups excluding carboxylic acids is 1. The van der Waals surface area contributed by atoms with Crippen LogP contribution in [-0.4, -0.2) is 45.3 Å². The Hall–Kier alpha value is -3.08. The van der Waals surface area contributed by atoms with E-state index < -0.39 is 0 Å². The van der Waals surface area contributed by atoms with Crippen LogP contribution in [0.25, 0.3) is 11.3 Å². The fraction of sp³-hybridized carbons (Fsp3) is 0.444. The third kappa shape index (κ3) is 2.47. The monoisotopic (exact) mass is 351 g/mol. The first-order valence-electron chi connectivity index (χ1n) is 8.83. The van der Waals surface area contributed by atoms with Crippen LogP contribution in [0.1, 0.15) is 31.0 Å². The van der Waals surface area contributed by atoms with Crippen LogP contribution in [0.5, 0.6) is 0 Å². The van der Waals surface area contributed by atoms with Crippen molar-refractivity contribution in [3.05, 3.63) is 29.6 Å². The molecule has 0 aliphatic carbocycles. The van der Waals surface area contributed by atoms with Gasteiger partial charge in [-0.3, -0.25) is 4.68 Å². The van der Waals surface area contributed by atoms with Gasteiger partial charge in [-0.1, -0.05) is 0 Å². The number of likely N-dealkylation sites (tertiary alicyclic amines) is 1. The van der Waals surface area contributed by atoms with Crippen LogP contribution in [-0.2, 0) is 12.0 Å². The highest BCUT2D eigenvalue weighted by Gasteiger charge is 2.46. The number of hydrogen-bond acceptors (Lipinski definition) is 5. The highest BCUT2D eigenvalue weighted by Crippen LogP contribution is 2.43. The summed E-state index contributed by atoms with van der Waals surface area (Å²) in [6.07, 6.45) is 3.59. The smallest absolute Gasteiger partial charge is 0.317 e. The Morgan fingerprint density at radius 3 is 3.00 bits per heavy atom. The molecule has 0 saturated carbocycles. The molecular formula is C18H21N7O. The number of carbonyl (C=O) groups is 1. The van der Waals surface area contributed by atoms with E-state index in [0.29, 0.717) is 18.7 Å². The van der Waals surface area contributed by atoms with Gasteiger partial charge in [0.2, 0.25) is 0 Å². The fourth-order valence-electron chi connectivity index (χ4n) is 4.03. The first kappa shape index (κ1) is 16.4. The van der Waals surface area contributed by atoms with Crippen molar-refractivity contribution >= 4 is 11.8 Å². The Morgan fingerprint density at radius 2 is 2.23 bits per heavy atom. The second-order valence-corrected chi connectivity index (χ2v) is 6.94. The molecule has 4 heterocycles. The second kappa shape index (κ2) is 6.02. The molecule has 2 aliphatic rings. The number of fused-ring (bicyclic) bond motifs is 2. The first-order chi connectivity index (χ1) is 12.6. The topological polar surface area (TPSA) is 113 Å². The van der Waals surface area contributed by atoms with Crippen LogP contribution in [0.15, 0.2) is 18.3 Å². The van der Waals surface area contributed by atoms with Crippen LogP contribution in [0.4, 0.5) is 10.6 Å². The summed E-state index contributed by atoms with van der Waals surface area (Å²) in [5, 5.41) is 16.7. The van der Waals surface area contributed by atoms with Crippen molar-refractivity contribution in [1.29, 1.82) is 5.26 Å². The van der Waals surface area contributed by atoms with E-state index in [1.165, 1.54) is 0 Å². The molecule has 8 heteroatoms. The van der Waals surface area contributed by atoms with E-state index in [0.717, 1.165) is 42.9 Å². The second-order valence-electron chi connectivity index (χ2n) is 6.94. The fourth-order valence-corrected chi connectivity index (χ4v) is 4.03. The van der Waals surface area contributed by atoms with Crippen LogP contribution < -0.4 is 11.1 Å². The van der Waals surface area contributed by atoms with E-state index in [9.17, 15) is 4.79 Å². The van der Waals surface area contributed by atoms with E-state index in [4.69, 9.17) is 16.1 Å². The van der Waals surface area contributed by atoms with E-state index in [1.54, 1.807) is 12.3 Å². The van der Waals surface area contributed by atoms with Crippen LogP contribution in [0.3, 0.4) is 0 Å². The molecule has 0 unspecified atom stereocenters. The lowest BCUT2D eigenvalue weighted by Crippen LogP contribution is -2.40. The molecule has 0 bridgehead atoms. The molecule has 3 N–H and O–H groups in total. The Morgan fingerprint density at radius 1 is 1.42 bits per heavy atom. The number of hydrogen-bond donors (Lipinski definition) is 2. The van der Waals surface area contributed by atoms with E-state index in [1.807, 2.05) is 16.5 Å². The highest BCUT2D eigenvalue weighted by molar-refractivity contribution is 5.75. The van der Waals surface area contributed by atoms with Crippen molar-refractivity contribution in [2.45, 2.75) is 31.7 Å². The molecule has 2 aromatic heterocycles. The first-order valence-corrected chi connectivity index (χ1v) is 8.83. The lowest BCUT2D eigenvalue weighted by molar-refractivity contribution is 0.206. The summed E-state index contributed by atoms with van der Waals surface area (Å²) in [5.41, 5.74) is 8.77. The summed E-state index contributed by atoms with van der Waals surface area (Å²) in [7, 11) is 0. The quantitative estimate of drug-likeness (QED) is 0.851. The van der Waals surface area contributed by atoms with Gasteiger partial charge in [-0.05, 0) is 31.9 Å². The third-order valence-corrected chi connectivity index (χ3v) is 5.43. The number of nitrogens with two attached hydrogens (primary N) is 1. The predicted molar refractivity (Wildman–Crippen MR) is 96.1 cm³/mol. The maximum atomic E-state index is 12.2. The largest absolute Gasteiger partial charge is 0.383 e. The third-order valence-electron chi connectivity index (χ3n) is 5.43. The standard InChI is InChI=1S/C18H21N7O/c1-2-21-17(26)24-5-3-18(11-24)4-6-25-15(18)8-14(23-25)13-7-12(9-19)16(20)22-10-13/h7-8,10H,2-6,11H2,1H3,(H2,20,22)(H,21,26)/t18-/m1/s1. The van der Waals surface area contributed by atoms with Crippen molar-refractivity contribution in [2.24, 2.45) is 0 Å². The minimum absolute atomic E-state index is 0.00367. The van der Waals surface area contributed by atoms with Gasteiger partial charge >= 0.3 is 6.03 Å². The van der Waals surface area contributed by atoms with E-state index in [2.05, 4.69) is 22.4 Å². The van der Waals surface area contributed by atoms with Crippen molar-refractivity contribution < 1.29 is 4.79 Å². The van der Waals surface area contributed by atoms with Crippen LogP contribution >= 0.6 is 0 Å². The van der Waals surface area contributed by atoms with Gasteiger partial charge < -0.3 is 16.0 Å². The molecule has 0 aromatic carbocycles. The Labute approximate surface area is 151 Å². The van der Waals surface area contributed by atoms with Gasteiger partial charge in [0.05, 0.1) is 11.3 Å².